The summed E-state index contributed by atoms with van der Waals surface area (Å²) in [7, 11) is 0. The lowest BCUT2D eigenvalue weighted by Gasteiger charge is -2.30. The molecule has 1 aromatic carbocycles. The number of hydrogen-bond donors (Lipinski definition) is 0. The van der Waals surface area contributed by atoms with Gasteiger partial charge in [0.15, 0.2) is 6.29 Å². The van der Waals surface area contributed by atoms with Crippen LogP contribution in [0.1, 0.15) is 50.0 Å². The normalized spacial score (nSPS) is 22.7. The van der Waals surface area contributed by atoms with Gasteiger partial charge in [-0.3, -0.25) is 0 Å². The summed E-state index contributed by atoms with van der Waals surface area (Å²) in [6.45, 7) is 2.80. The molecule has 2 rings (SSSR count). The van der Waals surface area contributed by atoms with Crippen molar-refractivity contribution < 1.29 is 22.6 Å². The first-order valence-electron chi connectivity index (χ1n) is 7.86. The molecule has 0 aromatic heterocycles. The molecule has 124 valence electrons. The van der Waals surface area contributed by atoms with Crippen LogP contribution >= 0.6 is 0 Å². The Morgan fingerprint density at radius 1 is 1.09 bits per heavy atom. The molecule has 0 atom stereocenters. The van der Waals surface area contributed by atoms with Gasteiger partial charge in [0.2, 0.25) is 0 Å². The smallest absolute Gasteiger partial charge is 0.348 e. The lowest BCUT2D eigenvalue weighted by Crippen LogP contribution is -2.28. The van der Waals surface area contributed by atoms with Crippen LogP contribution in [-0.2, 0) is 15.9 Å². The molecular weight excluding hydrogens is 293 g/mol. The van der Waals surface area contributed by atoms with Gasteiger partial charge in [-0.15, -0.1) is 0 Å². The van der Waals surface area contributed by atoms with E-state index >= 15 is 0 Å². The number of benzene rings is 1. The molecule has 1 heterocycles. The first kappa shape index (κ1) is 17.3. The predicted octanol–water partition coefficient (Wildman–Crippen LogP) is 5.03. The predicted molar refractivity (Wildman–Crippen MR) is 78.5 cm³/mol. The second-order valence-electron chi connectivity index (χ2n) is 5.86. The number of unbranched alkanes of at least 4 members (excludes halogenated alkanes) is 1. The Labute approximate surface area is 129 Å². The van der Waals surface area contributed by atoms with Crippen LogP contribution in [0.25, 0.3) is 0 Å². The van der Waals surface area contributed by atoms with Gasteiger partial charge in [-0.1, -0.05) is 37.6 Å². The first-order chi connectivity index (χ1) is 10.5. The maximum atomic E-state index is 12.2. The van der Waals surface area contributed by atoms with Crippen LogP contribution in [0.5, 0.6) is 0 Å². The van der Waals surface area contributed by atoms with Gasteiger partial charge in [-0.2, -0.15) is 13.2 Å². The highest BCUT2D eigenvalue weighted by molar-refractivity contribution is 5.23. The standard InChI is InChI=1S/C17H23F3O2/c1-2-3-4-13-5-7-15(8-6-13)16-21-11-14(12-22-16)9-10-17(18,19)20/h5-8,14,16H,2-4,9-12H2,1H3. The number of rotatable bonds is 6. The average molecular weight is 316 g/mol. The number of hydrogen-bond acceptors (Lipinski definition) is 2. The highest BCUT2D eigenvalue weighted by Gasteiger charge is 2.30. The minimum Gasteiger partial charge on any atom is -0.348 e. The summed E-state index contributed by atoms with van der Waals surface area (Å²) >= 11 is 0. The van der Waals surface area contributed by atoms with Gasteiger partial charge in [0.25, 0.3) is 0 Å². The molecular formula is C17H23F3O2. The zero-order valence-electron chi connectivity index (χ0n) is 12.9. The van der Waals surface area contributed by atoms with Gasteiger partial charge < -0.3 is 9.47 Å². The summed E-state index contributed by atoms with van der Waals surface area (Å²) < 4.78 is 47.7. The van der Waals surface area contributed by atoms with E-state index in [9.17, 15) is 13.2 Å². The van der Waals surface area contributed by atoms with Crippen molar-refractivity contribution in [3.63, 3.8) is 0 Å². The van der Waals surface area contributed by atoms with E-state index in [2.05, 4.69) is 19.1 Å². The fourth-order valence-corrected chi connectivity index (χ4v) is 2.49. The number of aryl methyl sites for hydroxylation is 1. The fraction of sp³-hybridized carbons (Fsp3) is 0.647. The third-order valence-electron chi connectivity index (χ3n) is 3.87. The Morgan fingerprint density at radius 3 is 2.27 bits per heavy atom. The molecule has 0 radical (unpaired) electrons. The SMILES string of the molecule is CCCCc1ccc(C2OCC(CCC(F)(F)F)CO2)cc1. The molecule has 2 nitrogen and oxygen atoms in total. The minimum absolute atomic E-state index is 0.0617. The molecule has 0 saturated carbocycles. The Morgan fingerprint density at radius 2 is 1.73 bits per heavy atom. The Hall–Kier alpha value is -1.07. The van der Waals surface area contributed by atoms with Crippen LogP contribution in [0.4, 0.5) is 13.2 Å². The molecule has 0 bridgehead atoms. The molecule has 1 aliphatic heterocycles. The van der Waals surface area contributed by atoms with Gasteiger partial charge in [0.1, 0.15) is 0 Å². The van der Waals surface area contributed by atoms with E-state index in [-0.39, 0.29) is 12.3 Å². The Kier molecular flexibility index (Phi) is 6.26. The Balaban J connectivity index is 1.78. The monoisotopic (exact) mass is 316 g/mol. The highest BCUT2D eigenvalue weighted by Crippen LogP contribution is 2.30. The van der Waals surface area contributed by atoms with Crippen LogP contribution in [0, 0.1) is 5.92 Å². The summed E-state index contributed by atoms with van der Waals surface area (Å²) in [5, 5.41) is 0. The van der Waals surface area contributed by atoms with Gasteiger partial charge in [0, 0.05) is 17.9 Å². The average Bonchev–Trinajstić information content (AvgIpc) is 2.51. The topological polar surface area (TPSA) is 18.5 Å². The molecule has 0 N–H and O–H groups in total. The highest BCUT2D eigenvalue weighted by atomic mass is 19.4. The maximum absolute atomic E-state index is 12.2. The molecule has 1 saturated heterocycles. The summed E-state index contributed by atoms with van der Waals surface area (Å²) in [6, 6.07) is 8.08. The van der Waals surface area contributed by atoms with Crippen molar-refractivity contribution >= 4 is 0 Å². The summed E-state index contributed by atoms with van der Waals surface area (Å²) in [6.07, 6.45) is -1.89. The van der Waals surface area contributed by atoms with Crippen molar-refractivity contribution in [1.82, 2.24) is 0 Å². The third-order valence-corrected chi connectivity index (χ3v) is 3.87. The van der Waals surface area contributed by atoms with Crippen LogP contribution in [0.2, 0.25) is 0 Å². The van der Waals surface area contributed by atoms with Crippen molar-refractivity contribution in [2.24, 2.45) is 5.92 Å². The lowest BCUT2D eigenvalue weighted by molar-refractivity contribution is -0.211. The Bertz CT molecular complexity index is 434. The van der Waals surface area contributed by atoms with E-state index in [1.54, 1.807) is 0 Å². The quantitative estimate of drug-likeness (QED) is 0.732. The molecule has 0 aliphatic carbocycles. The number of alkyl halides is 3. The molecule has 1 aromatic rings. The van der Waals surface area contributed by atoms with E-state index in [0.29, 0.717) is 13.2 Å². The van der Waals surface area contributed by atoms with Crippen molar-refractivity contribution in [2.45, 2.75) is 51.5 Å². The summed E-state index contributed by atoms with van der Waals surface area (Å²) in [5.41, 5.74) is 2.21. The maximum Gasteiger partial charge on any atom is 0.389 e. The molecule has 1 aliphatic rings. The molecule has 0 amide bonds. The second kappa shape index (κ2) is 7.97. The molecule has 22 heavy (non-hydrogen) atoms. The number of ether oxygens (including phenoxy) is 2. The van der Waals surface area contributed by atoms with E-state index in [4.69, 9.17) is 9.47 Å². The van der Waals surface area contributed by atoms with E-state index < -0.39 is 18.9 Å². The third kappa shape index (κ3) is 5.61. The second-order valence-corrected chi connectivity index (χ2v) is 5.86. The van der Waals surface area contributed by atoms with Gasteiger partial charge in [0.05, 0.1) is 13.2 Å². The zero-order chi connectivity index (χ0) is 16.0. The molecule has 0 spiro atoms. The fourth-order valence-electron chi connectivity index (χ4n) is 2.49. The van der Waals surface area contributed by atoms with E-state index in [0.717, 1.165) is 24.8 Å². The van der Waals surface area contributed by atoms with Crippen LogP contribution < -0.4 is 0 Å². The molecule has 1 fully saturated rings. The molecule has 0 unspecified atom stereocenters. The van der Waals surface area contributed by atoms with Gasteiger partial charge in [-0.25, -0.2) is 0 Å². The van der Waals surface area contributed by atoms with E-state index in [1.165, 1.54) is 5.56 Å². The zero-order valence-corrected chi connectivity index (χ0v) is 12.9. The van der Waals surface area contributed by atoms with Gasteiger partial charge in [-0.05, 0) is 24.8 Å². The van der Waals surface area contributed by atoms with Crippen molar-refractivity contribution in [1.29, 1.82) is 0 Å². The number of halogens is 3. The lowest BCUT2D eigenvalue weighted by atomic mass is 10.0. The summed E-state index contributed by atoms with van der Waals surface area (Å²) in [5.74, 6) is -0.179. The summed E-state index contributed by atoms with van der Waals surface area (Å²) in [4.78, 5) is 0. The van der Waals surface area contributed by atoms with Crippen molar-refractivity contribution in [2.75, 3.05) is 13.2 Å². The largest absolute Gasteiger partial charge is 0.389 e. The molecule has 5 heteroatoms. The van der Waals surface area contributed by atoms with Crippen LogP contribution in [0.15, 0.2) is 24.3 Å². The minimum atomic E-state index is -4.11. The van der Waals surface area contributed by atoms with E-state index in [1.807, 2.05) is 12.1 Å². The first-order valence-corrected chi connectivity index (χ1v) is 7.86. The van der Waals surface area contributed by atoms with Crippen molar-refractivity contribution in [3.8, 4) is 0 Å². The van der Waals surface area contributed by atoms with Crippen LogP contribution in [-0.4, -0.2) is 19.4 Å². The van der Waals surface area contributed by atoms with Crippen LogP contribution in [0.3, 0.4) is 0 Å². The van der Waals surface area contributed by atoms with Gasteiger partial charge >= 0.3 is 6.18 Å². The van der Waals surface area contributed by atoms with Crippen molar-refractivity contribution in [3.05, 3.63) is 35.4 Å².